The molecule has 0 aliphatic carbocycles. The summed E-state index contributed by atoms with van der Waals surface area (Å²) < 4.78 is 0. The van der Waals surface area contributed by atoms with E-state index >= 15 is 0 Å². The molecule has 0 spiro atoms. The first-order valence-electron chi connectivity index (χ1n) is 7.47. The summed E-state index contributed by atoms with van der Waals surface area (Å²) in [7, 11) is 1.82. The molecular formula is C17H23N3O. The third kappa shape index (κ3) is 3.94. The van der Waals surface area contributed by atoms with Gasteiger partial charge >= 0.3 is 0 Å². The lowest BCUT2D eigenvalue weighted by molar-refractivity contribution is 0.0948. The Hall–Kier alpha value is -2.10. The number of rotatable bonds is 6. The van der Waals surface area contributed by atoms with Crippen LogP contribution in [-0.2, 0) is 0 Å². The van der Waals surface area contributed by atoms with Gasteiger partial charge in [0.1, 0.15) is 11.5 Å². The number of hydrogen-bond donors (Lipinski definition) is 2. The summed E-state index contributed by atoms with van der Waals surface area (Å²) in [5.41, 5.74) is 0.461. The summed E-state index contributed by atoms with van der Waals surface area (Å²) in [5.74, 6) is 1.29. The molecular weight excluding hydrogens is 262 g/mol. The molecule has 2 rings (SSSR count). The molecule has 0 fully saturated rings. The van der Waals surface area contributed by atoms with Crippen LogP contribution in [0, 0.1) is 5.92 Å². The molecule has 4 heteroatoms. The SMILES string of the molecule is CNc1nc(C(=O)NCCCC(C)C)cc2ccccc12. The zero-order valence-corrected chi connectivity index (χ0v) is 12.9. The van der Waals surface area contributed by atoms with Crippen molar-refractivity contribution in [1.29, 1.82) is 0 Å². The third-order valence-corrected chi connectivity index (χ3v) is 3.45. The summed E-state index contributed by atoms with van der Waals surface area (Å²) >= 11 is 0. The molecule has 0 radical (unpaired) electrons. The Morgan fingerprint density at radius 3 is 2.76 bits per heavy atom. The quantitative estimate of drug-likeness (QED) is 0.799. The lowest BCUT2D eigenvalue weighted by Gasteiger charge is -2.10. The van der Waals surface area contributed by atoms with E-state index in [2.05, 4.69) is 29.5 Å². The van der Waals surface area contributed by atoms with E-state index in [0.29, 0.717) is 18.2 Å². The number of pyridine rings is 1. The first kappa shape index (κ1) is 15.3. The number of carbonyl (C=O) groups excluding carboxylic acids is 1. The van der Waals surface area contributed by atoms with E-state index in [0.717, 1.165) is 29.4 Å². The normalized spacial score (nSPS) is 10.9. The maximum atomic E-state index is 12.2. The van der Waals surface area contributed by atoms with E-state index in [-0.39, 0.29) is 5.91 Å². The molecule has 0 aliphatic rings. The van der Waals surface area contributed by atoms with Crippen LogP contribution in [0.15, 0.2) is 30.3 Å². The van der Waals surface area contributed by atoms with Gasteiger partial charge in [0.15, 0.2) is 0 Å². The summed E-state index contributed by atoms with van der Waals surface area (Å²) in [4.78, 5) is 16.6. The monoisotopic (exact) mass is 285 g/mol. The van der Waals surface area contributed by atoms with E-state index < -0.39 is 0 Å². The number of amides is 1. The van der Waals surface area contributed by atoms with Crippen LogP contribution in [-0.4, -0.2) is 24.5 Å². The highest BCUT2D eigenvalue weighted by atomic mass is 16.1. The van der Waals surface area contributed by atoms with Crippen LogP contribution < -0.4 is 10.6 Å². The molecule has 1 aromatic heterocycles. The average molecular weight is 285 g/mol. The second-order valence-electron chi connectivity index (χ2n) is 5.62. The summed E-state index contributed by atoms with van der Waals surface area (Å²) in [5, 5.41) is 8.04. The highest BCUT2D eigenvalue weighted by molar-refractivity contribution is 6.00. The summed E-state index contributed by atoms with van der Waals surface area (Å²) in [6, 6.07) is 9.77. The number of benzene rings is 1. The maximum Gasteiger partial charge on any atom is 0.269 e. The first-order valence-corrected chi connectivity index (χ1v) is 7.47. The van der Waals surface area contributed by atoms with Gasteiger partial charge in [-0.3, -0.25) is 4.79 Å². The summed E-state index contributed by atoms with van der Waals surface area (Å²) in [6.07, 6.45) is 2.11. The minimum absolute atomic E-state index is 0.110. The topological polar surface area (TPSA) is 54.0 Å². The molecule has 0 bridgehead atoms. The van der Waals surface area contributed by atoms with Crippen LogP contribution in [0.2, 0.25) is 0 Å². The highest BCUT2D eigenvalue weighted by Crippen LogP contribution is 2.22. The maximum absolute atomic E-state index is 12.2. The van der Waals surface area contributed by atoms with Gasteiger partial charge in [0.05, 0.1) is 0 Å². The largest absolute Gasteiger partial charge is 0.373 e. The van der Waals surface area contributed by atoms with Crippen LogP contribution in [0.3, 0.4) is 0 Å². The molecule has 1 amide bonds. The Kier molecular flexibility index (Phi) is 5.14. The van der Waals surface area contributed by atoms with Crippen LogP contribution in [0.5, 0.6) is 0 Å². The number of carbonyl (C=O) groups is 1. The number of anilines is 1. The lowest BCUT2D eigenvalue weighted by Crippen LogP contribution is -2.25. The van der Waals surface area contributed by atoms with Crippen molar-refractivity contribution >= 4 is 22.5 Å². The standard InChI is InChI=1S/C17H23N3O/c1-12(2)7-6-10-19-17(21)15-11-13-8-4-5-9-14(13)16(18-3)20-15/h4-5,8-9,11-12H,6-7,10H2,1-3H3,(H,18,20)(H,19,21). The zero-order valence-electron chi connectivity index (χ0n) is 12.9. The van der Waals surface area contributed by atoms with Crippen molar-refractivity contribution in [3.8, 4) is 0 Å². The van der Waals surface area contributed by atoms with Crippen molar-refractivity contribution < 1.29 is 4.79 Å². The molecule has 2 aromatic rings. The van der Waals surface area contributed by atoms with Gasteiger partial charge in [-0.2, -0.15) is 0 Å². The van der Waals surface area contributed by atoms with Crippen molar-refractivity contribution in [3.05, 3.63) is 36.0 Å². The smallest absolute Gasteiger partial charge is 0.269 e. The fourth-order valence-corrected chi connectivity index (χ4v) is 2.31. The van der Waals surface area contributed by atoms with Gasteiger partial charge in [-0.25, -0.2) is 4.98 Å². The Bertz CT molecular complexity index is 622. The second-order valence-corrected chi connectivity index (χ2v) is 5.62. The minimum atomic E-state index is -0.110. The predicted octanol–water partition coefficient (Wildman–Crippen LogP) is 3.44. The Balaban J connectivity index is 2.12. The second kappa shape index (κ2) is 7.07. The van der Waals surface area contributed by atoms with Crippen LogP contribution in [0.1, 0.15) is 37.2 Å². The van der Waals surface area contributed by atoms with Gasteiger partial charge in [0.2, 0.25) is 0 Å². The predicted molar refractivity (Wildman–Crippen MR) is 87.7 cm³/mol. The number of nitrogens with zero attached hydrogens (tertiary/aromatic N) is 1. The molecule has 0 saturated heterocycles. The number of fused-ring (bicyclic) bond motifs is 1. The third-order valence-electron chi connectivity index (χ3n) is 3.45. The minimum Gasteiger partial charge on any atom is -0.373 e. The first-order chi connectivity index (χ1) is 10.1. The van der Waals surface area contributed by atoms with E-state index in [1.165, 1.54) is 0 Å². The molecule has 0 saturated carbocycles. The zero-order chi connectivity index (χ0) is 15.2. The highest BCUT2D eigenvalue weighted by Gasteiger charge is 2.11. The van der Waals surface area contributed by atoms with Gasteiger partial charge in [-0.15, -0.1) is 0 Å². The molecule has 4 nitrogen and oxygen atoms in total. The Morgan fingerprint density at radius 2 is 2.05 bits per heavy atom. The van der Waals surface area contributed by atoms with Gasteiger partial charge in [-0.1, -0.05) is 38.1 Å². The number of aromatic nitrogens is 1. The van der Waals surface area contributed by atoms with E-state index in [1.54, 1.807) is 0 Å². The van der Waals surface area contributed by atoms with Gasteiger partial charge in [-0.05, 0) is 30.2 Å². The molecule has 0 unspecified atom stereocenters. The van der Waals surface area contributed by atoms with E-state index in [4.69, 9.17) is 0 Å². The van der Waals surface area contributed by atoms with Gasteiger partial charge < -0.3 is 10.6 Å². The van der Waals surface area contributed by atoms with Crippen LogP contribution in [0.4, 0.5) is 5.82 Å². The lowest BCUT2D eigenvalue weighted by atomic mass is 10.1. The molecule has 0 atom stereocenters. The van der Waals surface area contributed by atoms with Crippen molar-refractivity contribution in [2.45, 2.75) is 26.7 Å². The van der Waals surface area contributed by atoms with E-state index in [9.17, 15) is 4.79 Å². The Labute approximate surface area is 126 Å². The van der Waals surface area contributed by atoms with Crippen molar-refractivity contribution in [2.75, 3.05) is 18.9 Å². The van der Waals surface area contributed by atoms with Gasteiger partial charge in [0, 0.05) is 19.0 Å². The Morgan fingerprint density at radius 1 is 1.29 bits per heavy atom. The molecule has 2 N–H and O–H groups in total. The van der Waals surface area contributed by atoms with E-state index in [1.807, 2.05) is 37.4 Å². The van der Waals surface area contributed by atoms with Crippen LogP contribution >= 0.6 is 0 Å². The number of nitrogens with one attached hydrogen (secondary N) is 2. The summed E-state index contributed by atoms with van der Waals surface area (Å²) in [6.45, 7) is 5.07. The van der Waals surface area contributed by atoms with Gasteiger partial charge in [0.25, 0.3) is 5.91 Å². The fourth-order valence-electron chi connectivity index (χ4n) is 2.31. The molecule has 21 heavy (non-hydrogen) atoms. The molecule has 0 aliphatic heterocycles. The van der Waals surface area contributed by atoms with Crippen LogP contribution in [0.25, 0.3) is 10.8 Å². The number of hydrogen-bond acceptors (Lipinski definition) is 3. The van der Waals surface area contributed by atoms with Crippen molar-refractivity contribution in [3.63, 3.8) is 0 Å². The molecule has 1 aromatic carbocycles. The molecule has 1 heterocycles. The van der Waals surface area contributed by atoms with Crippen molar-refractivity contribution in [1.82, 2.24) is 10.3 Å². The molecule has 112 valence electrons. The fraction of sp³-hybridized carbons (Fsp3) is 0.412. The van der Waals surface area contributed by atoms with Crippen molar-refractivity contribution in [2.24, 2.45) is 5.92 Å². The average Bonchev–Trinajstić information content (AvgIpc) is 2.50.